The molecule has 0 saturated carbocycles. The molecule has 1 amide bonds. The Morgan fingerprint density at radius 2 is 1.92 bits per heavy atom. The van der Waals surface area contributed by atoms with Crippen molar-refractivity contribution in [2.24, 2.45) is 5.92 Å². The summed E-state index contributed by atoms with van der Waals surface area (Å²) in [5.41, 5.74) is 0.431. The second-order valence-electron chi connectivity index (χ2n) is 7.20. The Morgan fingerprint density at radius 3 is 2.62 bits per heavy atom. The maximum Gasteiger partial charge on any atom is 0.273 e. The van der Waals surface area contributed by atoms with E-state index >= 15 is 0 Å². The van der Waals surface area contributed by atoms with Crippen LogP contribution in [0.15, 0.2) is 6.20 Å². The summed E-state index contributed by atoms with van der Waals surface area (Å²) in [5, 5.41) is 14.5. The molecule has 3 rings (SSSR count). The first-order valence-corrected chi connectivity index (χ1v) is 9.35. The number of nitrogens with one attached hydrogen (secondary N) is 2. The van der Waals surface area contributed by atoms with Gasteiger partial charge in [0, 0.05) is 6.54 Å². The van der Waals surface area contributed by atoms with Crippen molar-refractivity contribution in [1.29, 1.82) is 0 Å². The summed E-state index contributed by atoms with van der Waals surface area (Å²) in [7, 11) is 0. The van der Waals surface area contributed by atoms with E-state index in [4.69, 9.17) is 0 Å². The third-order valence-electron chi connectivity index (χ3n) is 5.24. The average molecular weight is 407 g/mol. The van der Waals surface area contributed by atoms with Crippen molar-refractivity contribution in [3.05, 3.63) is 11.9 Å². The Balaban J connectivity index is 0.00000169. The topological polar surface area (TPSA) is 75.1 Å². The summed E-state index contributed by atoms with van der Waals surface area (Å²) >= 11 is 0. The van der Waals surface area contributed by atoms with Crippen molar-refractivity contribution in [1.82, 2.24) is 30.5 Å². The number of carbonyl (C=O) groups excluding carboxylic acids is 1. The first-order valence-electron chi connectivity index (χ1n) is 9.35. The van der Waals surface area contributed by atoms with Crippen LogP contribution in [0.5, 0.6) is 0 Å². The van der Waals surface area contributed by atoms with Crippen LogP contribution in [0, 0.1) is 5.92 Å². The van der Waals surface area contributed by atoms with Crippen molar-refractivity contribution >= 4 is 30.7 Å². The standard InChI is InChI=1S/C17H30N6O.2ClH/c1-14-5-11-22(12-6-14)10-2-7-19-17(24)16-13-23(21-20-16)15-3-8-18-9-4-15;;/h13-15,18H,2-12H2,1H3,(H,19,24);2*1H. The van der Waals surface area contributed by atoms with E-state index in [1.165, 1.54) is 25.9 Å². The Labute approximate surface area is 168 Å². The molecule has 2 N–H and O–H groups in total. The maximum absolute atomic E-state index is 12.2. The van der Waals surface area contributed by atoms with Gasteiger partial charge in [0.2, 0.25) is 0 Å². The van der Waals surface area contributed by atoms with Gasteiger partial charge in [-0.3, -0.25) is 4.79 Å². The van der Waals surface area contributed by atoms with Gasteiger partial charge in [0.25, 0.3) is 5.91 Å². The fourth-order valence-electron chi connectivity index (χ4n) is 3.51. The van der Waals surface area contributed by atoms with E-state index in [2.05, 4.69) is 32.8 Å². The molecular formula is C17H32Cl2N6O. The summed E-state index contributed by atoms with van der Waals surface area (Å²) in [6.45, 7) is 8.48. The molecule has 0 aromatic carbocycles. The molecule has 2 fully saturated rings. The molecule has 9 heteroatoms. The Kier molecular flexibility index (Phi) is 10.5. The van der Waals surface area contributed by atoms with Gasteiger partial charge < -0.3 is 15.5 Å². The summed E-state index contributed by atoms with van der Waals surface area (Å²) in [6.07, 6.45) is 7.45. The minimum Gasteiger partial charge on any atom is -0.351 e. The Hall–Kier alpha value is -0.890. The Bertz CT molecular complexity index is 527. The first kappa shape index (κ1) is 23.1. The second-order valence-corrected chi connectivity index (χ2v) is 7.20. The molecule has 0 radical (unpaired) electrons. The van der Waals surface area contributed by atoms with Crippen molar-refractivity contribution in [2.45, 2.75) is 45.1 Å². The molecule has 1 aromatic rings. The molecule has 26 heavy (non-hydrogen) atoms. The van der Waals surface area contributed by atoms with Gasteiger partial charge in [-0.1, -0.05) is 12.1 Å². The Morgan fingerprint density at radius 1 is 1.23 bits per heavy atom. The van der Waals surface area contributed by atoms with Gasteiger partial charge in [-0.2, -0.15) is 0 Å². The predicted molar refractivity (Wildman–Crippen MR) is 107 cm³/mol. The van der Waals surface area contributed by atoms with Crippen LogP contribution in [0.3, 0.4) is 0 Å². The molecule has 0 bridgehead atoms. The highest BCUT2D eigenvalue weighted by molar-refractivity contribution is 5.91. The number of piperidine rings is 2. The van der Waals surface area contributed by atoms with Gasteiger partial charge in [0.15, 0.2) is 5.69 Å². The van der Waals surface area contributed by atoms with Crippen molar-refractivity contribution < 1.29 is 4.79 Å². The normalized spacial score (nSPS) is 19.4. The van der Waals surface area contributed by atoms with Gasteiger partial charge in [-0.15, -0.1) is 29.9 Å². The van der Waals surface area contributed by atoms with Crippen LogP contribution in [-0.4, -0.2) is 65.1 Å². The quantitative estimate of drug-likeness (QED) is 0.705. The number of hydrogen-bond acceptors (Lipinski definition) is 5. The van der Waals surface area contributed by atoms with Crippen LogP contribution >= 0.6 is 24.8 Å². The monoisotopic (exact) mass is 406 g/mol. The largest absolute Gasteiger partial charge is 0.351 e. The van der Waals surface area contributed by atoms with Crippen molar-refractivity contribution in [3.63, 3.8) is 0 Å². The SMILES string of the molecule is CC1CCN(CCCNC(=O)c2cn(C3CCNCC3)nn2)CC1.Cl.Cl. The number of halogens is 2. The lowest BCUT2D eigenvalue weighted by Crippen LogP contribution is -2.35. The zero-order valence-electron chi connectivity index (χ0n) is 15.5. The molecule has 0 atom stereocenters. The predicted octanol–water partition coefficient (Wildman–Crippen LogP) is 1.90. The molecule has 0 aliphatic carbocycles. The number of nitrogens with zero attached hydrogens (tertiary/aromatic N) is 4. The molecule has 0 unspecified atom stereocenters. The summed E-state index contributed by atoms with van der Waals surface area (Å²) in [4.78, 5) is 14.7. The molecule has 150 valence electrons. The average Bonchev–Trinajstić information content (AvgIpc) is 3.11. The molecule has 1 aromatic heterocycles. The zero-order chi connectivity index (χ0) is 16.8. The summed E-state index contributed by atoms with van der Waals surface area (Å²) in [6, 6.07) is 0.363. The number of carbonyl (C=O) groups is 1. The summed E-state index contributed by atoms with van der Waals surface area (Å²) < 4.78 is 1.85. The van der Waals surface area contributed by atoms with Crippen LogP contribution in [0.2, 0.25) is 0 Å². The third kappa shape index (κ3) is 6.68. The summed E-state index contributed by atoms with van der Waals surface area (Å²) in [5.74, 6) is 0.756. The molecular weight excluding hydrogens is 375 g/mol. The van der Waals surface area contributed by atoms with Gasteiger partial charge in [-0.25, -0.2) is 4.68 Å². The fraction of sp³-hybridized carbons (Fsp3) is 0.824. The minimum absolute atomic E-state index is 0. The van der Waals surface area contributed by atoms with Gasteiger partial charge >= 0.3 is 0 Å². The highest BCUT2D eigenvalue weighted by Gasteiger charge is 2.19. The first-order chi connectivity index (χ1) is 11.7. The van der Waals surface area contributed by atoms with E-state index in [1.807, 2.05) is 4.68 Å². The van der Waals surface area contributed by atoms with E-state index in [1.54, 1.807) is 6.20 Å². The number of hydrogen-bond donors (Lipinski definition) is 2. The molecule has 0 spiro atoms. The van der Waals surface area contributed by atoms with E-state index in [9.17, 15) is 4.79 Å². The van der Waals surface area contributed by atoms with Crippen molar-refractivity contribution in [2.75, 3.05) is 39.3 Å². The van der Waals surface area contributed by atoms with E-state index in [0.717, 1.165) is 44.8 Å². The molecule has 2 saturated heterocycles. The van der Waals surface area contributed by atoms with Crippen LogP contribution in [-0.2, 0) is 0 Å². The fourth-order valence-corrected chi connectivity index (χ4v) is 3.51. The van der Waals surface area contributed by atoms with Crippen LogP contribution in [0.25, 0.3) is 0 Å². The molecule has 7 nitrogen and oxygen atoms in total. The minimum atomic E-state index is -0.109. The van der Waals surface area contributed by atoms with Gasteiger partial charge in [0.1, 0.15) is 0 Å². The van der Waals surface area contributed by atoms with Crippen LogP contribution in [0.4, 0.5) is 0 Å². The number of aromatic nitrogens is 3. The lowest BCUT2D eigenvalue weighted by Gasteiger charge is -2.30. The zero-order valence-corrected chi connectivity index (χ0v) is 17.2. The van der Waals surface area contributed by atoms with E-state index in [0.29, 0.717) is 18.3 Å². The van der Waals surface area contributed by atoms with Crippen LogP contribution in [0.1, 0.15) is 55.6 Å². The van der Waals surface area contributed by atoms with Gasteiger partial charge in [0.05, 0.1) is 12.2 Å². The number of rotatable bonds is 6. The maximum atomic E-state index is 12.2. The second kappa shape index (κ2) is 11.7. The highest BCUT2D eigenvalue weighted by atomic mass is 35.5. The smallest absolute Gasteiger partial charge is 0.273 e. The van der Waals surface area contributed by atoms with Crippen molar-refractivity contribution in [3.8, 4) is 0 Å². The lowest BCUT2D eigenvalue weighted by molar-refractivity contribution is 0.0945. The van der Waals surface area contributed by atoms with E-state index in [-0.39, 0.29) is 30.7 Å². The molecule has 2 aliphatic heterocycles. The van der Waals surface area contributed by atoms with Crippen LogP contribution < -0.4 is 10.6 Å². The highest BCUT2D eigenvalue weighted by Crippen LogP contribution is 2.17. The number of likely N-dealkylation sites (tertiary alicyclic amines) is 1. The molecule has 2 aliphatic rings. The van der Waals surface area contributed by atoms with Gasteiger partial charge in [-0.05, 0) is 70.7 Å². The van der Waals surface area contributed by atoms with E-state index < -0.39 is 0 Å². The third-order valence-corrected chi connectivity index (χ3v) is 5.24. The molecule has 3 heterocycles. The lowest BCUT2D eigenvalue weighted by atomic mass is 9.99. The number of amides is 1.